The summed E-state index contributed by atoms with van der Waals surface area (Å²) >= 11 is 8.25. The lowest BCUT2D eigenvalue weighted by molar-refractivity contribution is -0.148. The summed E-state index contributed by atoms with van der Waals surface area (Å²) in [5, 5.41) is 17.4. The van der Waals surface area contributed by atoms with Crippen LogP contribution < -0.4 is 5.32 Å². The Hall–Kier alpha value is -1.09. The molecule has 3 fully saturated rings. The Morgan fingerprint density at radius 1 is 1.35 bits per heavy atom. The second-order valence-corrected chi connectivity index (χ2v) is 7.90. The molecule has 6 nitrogen and oxygen atoms in total. The first-order valence-corrected chi connectivity index (χ1v) is 9.20. The number of hydrogen-bond acceptors (Lipinski definition) is 4. The van der Waals surface area contributed by atoms with Gasteiger partial charge in [-0.25, -0.2) is 4.52 Å². The minimum Gasteiger partial charge on any atom is -0.481 e. The fourth-order valence-corrected chi connectivity index (χ4v) is 5.06. The van der Waals surface area contributed by atoms with Gasteiger partial charge in [-0.3, -0.25) is 4.79 Å². The van der Waals surface area contributed by atoms with Crippen molar-refractivity contribution >= 4 is 51.5 Å². The molecule has 3 aliphatic carbocycles. The lowest BCUT2D eigenvalue weighted by Crippen LogP contribution is -2.51. The molecule has 0 unspecified atom stereocenters. The second kappa shape index (κ2) is 5.77. The summed E-state index contributed by atoms with van der Waals surface area (Å²) in [5.74, 6) is 0.196. The number of fused-ring (bicyclic) bond motifs is 4. The fraction of sp³-hybridized carbons (Fsp3) is 0.533. The van der Waals surface area contributed by atoms with Crippen molar-refractivity contribution < 1.29 is 9.90 Å². The number of aromatic nitrogens is 3. The monoisotopic (exact) mass is 446 g/mol. The van der Waals surface area contributed by atoms with Crippen molar-refractivity contribution in [1.29, 1.82) is 0 Å². The van der Waals surface area contributed by atoms with E-state index in [9.17, 15) is 9.90 Å². The number of carbonyl (C=O) groups is 1. The van der Waals surface area contributed by atoms with E-state index in [0.717, 1.165) is 34.8 Å². The van der Waals surface area contributed by atoms with Crippen LogP contribution in [0.4, 0.5) is 5.82 Å². The Kier molecular flexibility index (Phi) is 3.87. The van der Waals surface area contributed by atoms with Gasteiger partial charge in [-0.15, -0.1) is 5.10 Å². The number of aliphatic carboxylic acids is 1. The lowest BCUT2D eigenvalue weighted by atomic mass is 9.61. The number of halogens is 2. The van der Waals surface area contributed by atoms with Gasteiger partial charge < -0.3 is 10.4 Å². The maximum Gasteiger partial charge on any atom is 0.308 e. The molecule has 2 aromatic heterocycles. The number of hydrogen-bond donors (Lipinski definition) is 2. The summed E-state index contributed by atoms with van der Waals surface area (Å²) in [4.78, 5) is 16.1. The van der Waals surface area contributed by atoms with Gasteiger partial charge in [0.25, 0.3) is 0 Å². The van der Waals surface area contributed by atoms with Gasteiger partial charge in [-0.2, -0.15) is 4.98 Å². The summed E-state index contributed by atoms with van der Waals surface area (Å²) in [6.07, 6.45) is 6.03. The summed E-state index contributed by atoms with van der Waals surface area (Å²) in [6, 6.07) is 1.84. The van der Waals surface area contributed by atoms with Crippen LogP contribution in [0, 0.1) is 21.3 Å². The largest absolute Gasteiger partial charge is 0.481 e. The predicted octanol–water partition coefficient (Wildman–Crippen LogP) is 3.29. The molecule has 5 rings (SSSR count). The van der Waals surface area contributed by atoms with E-state index in [-0.39, 0.29) is 23.2 Å². The highest BCUT2D eigenvalue weighted by Gasteiger charge is 2.47. The molecule has 8 heteroatoms. The molecule has 0 spiro atoms. The van der Waals surface area contributed by atoms with E-state index < -0.39 is 5.97 Å². The molecule has 3 saturated carbocycles. The third-order valence-corrected chi connectivity index (χ3v) is 6.27. The van der Waals surface area contributed by atoms with Crippen LogP contribution in [0.25, 0.3) is 5.52 Å². The van der Waals surface area contributed by atoms with E-state index in [1.54, 1.807) is 4.52 Å². The number of carboxylic acid groups (broad SMARTS) is 1. The number of anilines is 1. The standard InChI is InChI=1S/C15H16ClIN4O2/c16-15-19-13(12-9(17)5-6-21(12)20-15)18-11-8-3-1-7(2-4-8)10(11)14(22)23/h5-8,10-11H,1-4H2,(H,22,23)(H,18,19,20)/t7?,8?,10-,11-/m0/s1. The maximum absolute atomic E-state index is 11.8. The van der Waals surface area contributed by atoms with Crippen LogP contribution in [0.5, 0.6) is 0 Å². The maximum atomic E-state index is 11.8. The third-order valence-electron chi connectivity index (χ3n) is 5.24. The van der Waals surface area contributed by atoms with E-state index in [0.29, 0.717) is 11.7 Å². The van der Waals surface area contributed by atoms with E-state index in [2.05, 4.69) is 38.0 Å². The molecule has 3 aliphatic rings. The van der Waals surface area contributed by atoms with Crippen LogP contribution in [0.15, 0.2) is 12.3 Å². The highest BCUT2D eigenvalue weighted by Crippen LogP contribution is 2.46. The molecule has 23 heavy (non-hydrogen) atoms. The first-order chi connectivity index (χ1) is 11.0. The van der Waals surface area contributed by atoms with E-state index in [4.69, 9.17) is 11.6 Å². The van der Waals surface area contributed by atoms with Crippen molar-refractivity contribution in [3.8, 4) is 0 Å². The number of rotatable bonds is 3. The van der Waals surface area contributed by atoms with Crippen LogP contribution in [0.1, 0.15) is 25.7 Å². The summed E-state index contributed by atoms with van der Waals surface area (Å²) in [6.45, 7) is 0. The summed E-state index contributed by atoms with van der Waals surface area (Å²) in [7, 11) is 0. The van der Waals surface area contributed by atoms with Gasteiger partial charge in [0.15, 0.2) is 5.82 Å². The minimum atomic E-state index is -0.710. The number of nitrogens with one attached hydrogen (secondary N) is 1. The van der Waals surface area contributed by atoms with Crippen LogP contribution in [-0.2, 0) is 4.79 Å². The predicted molar refractivity (Wildman–Crippen MR) is 94.7 cm³/mol. The van der Waals surface area contributed by atoms with Gasteiger partial charge in [0.1, 0.15) is 5.52 Å². The van der Waals surface area contributed by atoms with Gasteiger partial charge in [0.2, 0.25) is 5.28 Å². The minimum absolute atomic E-state index is 0.0968. The van der Waals surface area contributed by atoms with Gasteiger partial charge in [0.05, 0.1) is 5.92 Å². The Morgan fingerprint density at radius 2 is 2.04 bits per heavy atom. The molecule has 122 valence electrons. The van der Waals surface area contributed by atoms with E-state index in [1.807, 2.05) is 12.3 Å². The zero-order valence-electron chi connectivity index (χ0n) is 12.2. The average molecular weight is 447 g/mol. The molecule has 2 heterocycles. The smallest absolute Gasteiger partial charge is 0.308 e. The van der Waals surface area contributed by atoms with Crippen molar-refractivity contribution in [2.24, 2.45) is 17.8 Å². The van der Waals surface area contributed by atoms with Crippen LogP contribution in [-0.4, -0.2) is 31.7 Å². The molecular weight excluding hydrogens is 431 g/mol. The summed E-state index contributed by atoms with van der Waals surface area (Å²) in [5.41, 5.74) is 0.848. The molecular formula is C15H16ClIN4O2. The molecule has 0 saturated heterocycles. The van der Waals surface area contributed by atoms with Gasteiger partial charge in [0, 0.05) is 15.8 Å². The van der Waals surface area contributed by atoms with E-state index >= 15 is 0 Å². The Labute approximate surface area is 151 Å². The average Bonchev–Trinajstić information content (AvgIpc) is 2.89. The Bertz CT molecular complexity index is 772. The highest BCUT2D eigenvalue weighted by atomic mass is 127. The van der Waals surface area contributed by atoms with Crippen LogP contribution >= 0.6 is 34.2 Å². The topological polar surface area (TPSA) is 79.5 Å². The van der Waals surface area contributed by atoms with Crippen molar-refractivity contribution in [3.63, 3.8) is 0 Å². The Balaban J connectivity index is 1.74. The molecule has 2 atom stereocenters. The molecule has 0 aliphatic heterocycles. The third kappa shape index (κ3) is 2.57. The van der Waals surface area contributed by atoms with Crippen molar-refractivity contribution in [3.05, 3.63) is 21.1 Å². The molecule has 2 aromatic rings. The Morgan fingerprint density at radius 3 is 2.74 bits per heavy atom. The molecule has 0 amide bonds. The van der Waals surface area contributed by atoms with Crippen molar-refractivity contribution in [2.45, 2.75) is 31.7 Å². The van der Waals surface area contributed by atoms with Crippen LogP contribution in [0.2, 0.25) is 5.28 Å². The molecule has 0 aromatic carbocycles. The first-order valence-electron chi connectivity index (χ1n) is 7.74. The van der Waals surface area contributed by atoms with Gasteiger partial charge in [-0.1, -0.05) is 0 Å². The molecule has 2 bridgehead atoms. The normalized spacial score (nSPS) is 29.8. The second-order valence-electron chi connectivity index (χ2n) is 6.40. The van der Waals surface area contributed by atoms with Crippen LogP contribution in [0.3, 0.4) is 0 Å². The van der Waals surface area contributed by atoms with Gasteiger partial charge >= 0.3 is 5.97 Å². The number of carboxylic acids is 1. The quantitative estimate of drug-likeness (QED) is 0.708. The lowest BCUT2D eigenvalue weighted by Gasteiger charge is -2.47. The SMILES string of the molecule is O=C(O)[C@H]1C2CCC(CC2)[C@@H]1Nc1nc(Cl)nn2ccc(I)c12. The molecule has 2 N–H and O–H groups in total. The fourth-order valence-electron chi connectivity index (χ4n) is 4.23. The van der Waals surface area contributed by atoms with Crippen molar-refractivity contribution in [2.75, 3.05) is 5.32 Å². The van der Waals surface area contributed by atoms with Gasteiger partial charge in [-0.05, 0) is 77.8 Å². The first kappa shape index (κ1) is 15.4. The zero-order valence-corrected chi connectivity index (χ0v) is 15.2. The van der Waals surface area contributed by atoms with E-state index in [1.165, 1.54) is 0 Å². The molecule has 0 radical (unpaired) electrons. The zero-order chi connectivity index (χ0) is 16.1. The summed E-state index contributed by atoms with van der Waals surface area (Å²) < 4.78 is 2.70. The number of nitrogens with zero attached hydrogens (tertiary/aromatic N) is 3. The highest BCUT2D eigenvalue weighted by molar-refractivity contribution is 14.1. The van der Waals surface area contributed by atoms with Crippen molar-refractivity contribution in [1.82, 2.24) is 14.6 Å².